The number of carbonyl (C=O) groups excluding carboxylic acids is 3. The van der Waals surface area contributed by atoms with Crippen molar-refractivity contribution in [3.05, 3.63) is 28.5 Å². The molecule has 1 saturated heterocycles. The van der Waals surface area contributed by atoms with E-state index in [-0.39, 0.29) is 23.7 Å². The first-order valence-corrected chi connectivity index (χ1v) is 13.6. The van der Waals surface area contributed by atoms with Gasteiger partial charge >= 0.3 is 5.97 Å². The molecule has 2 amide bonds. The molecule has 0 saturated carbocycles. The Hall–Kier alpha value is -1.96. The molecule has 1 aliphatic heterocycles. The van der Waals surface area contributed by atoms with E-state index in [9.17, 15) is 14.4 Å². The second kappa shape index (κ2) is 13.4. The molecule has 196 valence electrons. The minimum Gasteiger partial charge on any atom is -0.460 e. The monoisotopic (exact) mass is 551 g/mol. The van der Waals surface area contributed by atoms with E-state index in [1.54, 1.807) is 17.3 Å². The highest BCUT2D eigenvalue weighted by Gasteiger charge is 2.38. The van der Waals surface area contributed by atoms with Crippen molar-refractivity contribution in [1.82, 2.24) is 15.2 Å². The summed E-state index contributed by atoms with van der Waals surface area (Å²) in [5, 5.41) is 3.04. The quantitative estimate of drug-likeness (QED) is 0.400. The molecule has 0 bridgehead atoms. The van der Waals surface area contributed by atoms with Gasteiger partial charge in [-0.15, -0.1) is 0 Å². The van der Waals surface area contributed by atoms with Crippen LogP contribution in [0.2, 0.25) is 0 Å². The van der Waals surface area contributed by atoms with Gasteiger partial charge in [0.1, 0.15) is 11.6 Å². The number of ether oxygens (including phenoxy) is 1. The van der Waals surface area contributed by atoms with Crippen LogP contribution in [-0.2, 0) is 25.7 Å². The molecule has 1 aliphatic rings. The van der Waals surface area contributed by atoms with E-state index in [4.69, 9.17) is 4.74 Å². The molecule has 0 radical (unpaired) electrons. The molecular weight excluding hydrogens is 510 g/mol. The first-order valence-electron chi connectivity index (χ1n) is 12.8. The molecule has 1 aromatic heterocycles. The Morgan fingerprint density at radius 2 is 1.94 bits per heavy atom. The topological polar surface area (TPSA) is 88.6 Å². The zero-order valence-corrected chi connectivity index (χ0v) is 23.7. The maximum atomic E-state index is 13.6. The van der Waals surface area contributed by atoms with Gasteiger partial charge in [-0.3, -0.25) is 19.4 Å². The van der Waals surface area contributed by atoms with Crippen LogP contribution in [0.1, 0.15) is 85.6 Å². The molecule has 2 rings (SSSR count). The number of nitrogens with zero attached hydrogens (tertiary/aromatic N) is 2. The summed E-state index contributed by atoms with van der Waals surface area (Å²) in [7, 11) is 0. The molecule has 0 aromatic carbocycles. The van der Waals surface area contributed by atoms with E-state index in [0.29, 0.717) is 32.4 Å². The third-order valence-corrected chi connectivity index (χ3v) is 6.52. The number of nitrogens with one attached hydrogen (secondary N) is 1. The maximum absolute atomic E-state index is 13.6. The molecule has 0 aliphatic carbocycles. The fraction of sp³-hybridized carbons (Fsp3) is 0.704. The second-order valence-corrected chi connectivity index (χ2v) is 11.9. The van der Waals surface area contributed by atoms with Crippen molar-refractivity contribution in [2.75, 3.05) is 6.54 Å². The van der Waals surface area contributed by atoms with Gasteiger partial charge in [0.25, 0.3) is 0 Å². The number of halogens is 1. The fourth-order valence-corrected chi connectivity index (χ4v) is 4.98. The summed E-state index contributed by atoms with van der Waals surface area (Å²) in [6.45, 7) is 12.7. The van der Waals surface area contributed by atoms with Crippen molar-refractivity contribution in [3.63, 3.8) is 0 Å². The number of hydrogen-bond donors (Lipinski definition) is 1. The number of esters is 1. The van der Waals surface area contributed by atoms with Gasteiger partial charge in [0.05, 0.1) is 11.8 Å². The number of rotatable bonds is 10. The summed E-state index contributed by atoms with van der Waals surface area (Å²) in [5.74, 6) is -1.50. The standard InChI is InChI=1S/C27H42BrN3O4/c1-7-10-21(26(34)35-27(4,5)6)22(13-18(2)3)24(32)30-23-11-8-9-12-31(25(23)33)17-19-14-20(28)16-29-15-19/h14-16,18,21-23H,7-13,17H2,1-6H3,(H,30,32)/t21-,22?,23-/m0/s1. The molecular formula is C27H42BrN3O4. The SMILES string of the molecule is CCC[C@H](C(=O)OC(C)(C)C)C(CC(C)C)C(=O)N[C@H]1CCCCN(Cc2cncc(Br)c2)C1=O. The molecule has 7 nitrogen and oxygen atoms in total. The highest BCUT2D eigenvalue weighted by molar-refractivity contribution is 9.10. The molecule has 1 aromatic rings. The maximum Gasteiger partial charge on any atom is 0.310 e. The minimum absolute atomic E-state index is 0.0802. The summed E-state index contributed by atoms with van der Waals surface area (Å²) >= 11 is 3.43. The van der Waals surface area contributed by atoms with Gasteiger partial charge in [0.2, 0.25) is 11.8 Å². The predicted molar refractivity (Wildman–Crippen MR) is 140 cm³/mol. The van der Waals surface area contributed by atoms with E-state index in [0.717, 1.165) is 29.3 Å². The Labute approximate surface area is 218 Å². The van der Waals surface area contributed by atoms with Crippen LogP contribution >= 0.6 is 15.9 Å². The number of likely N-dealkylation sites (tertiary alicyclic amines) is 1. The molecule has 0 spiro atoms. The van der Waals surface area contributed by atoms with Gasteiger partial charge in [-0.1, -0.05) is 27.2 Å². The van der Waals surface area contributed by atoms with Gasteiger partial charge in [-0.05, 0) is 86.4 Å². The molecule has 8 heteroatoms. The van der Waals surface area contributed by atoms with Crippen molar-refractivity contribution >= 4 is 33.7 Å². The molecule has 1 fully saturated rings. The Bertz CT molecular complexity index is 868. The Morgan fingerprint density at radius 1 is 1.23 bits per heavy atom. The van der Waals surface area contributed by atoms with Crippen LogP contribution in [-0.4, -0.2) is 45.9 Å². The fourth-order valence-electron chi connectivity index (χ4n) is 4.57. The summed E-state index contributed by atoms with van der Waals surface area (Å²) in [6.07, 6.45) is 7.69. The highest BCUT2D eigenvalue weighted by atomic mass is 79.9. The lowest BCUT2D eigenvalue weighted by Gasteiger charge is -2.31. The van der Waals surface area contributed by atoms with Crippen LogP contribution in [0.25, 0.3) is 0 Å². The molecule has 1 N–H and O–H groups in total. The van der Waals surface area contributed by atoms with E-state index >= 15 is 0 Å². The number of hydrogen-bond acceptors (Lipinski definition) is 5. The Balaban J connectivity index is 2.21. The van der Waals surface area contributed by atoms with E-state index in [2.05, 4.69) is 26.2 Å². The van der Waals surface area contributed by atoms with Crippen molar-refractivity contribution in [2.24, 2.45) is 17.8 Å². The average Bonchev–Trinajstić information content (AvgIpc) is 2.91. The van der Waals surface area contributed by atoms with Crippen molar-refractivity contribution in [3.8, 4) is 0 Å². The molecule has 3 atom stereocenters. The smallest absolute Gasteiger partial charge is 0.310 e. The zero-order chi connectivity index (χ0) is 26.2. The number of amides is 2. The first kappa shape index (κ1) is 29.3. The van der Waals surface area contributed by atoms with Crippen LogP contribution in [0, 0.1) is 17.8 Å². The second-order valence-electron chi connectivity index (χ2n) is 11.0. The van der Waals surface area contributed by atoms with E-state index in [1.807, 2.05) is 47.6 Å². The van der Waals surface area contributed by atoms with E-state index in [1.165, 1.54) is 0 Å². The van der Waals surface area contributed by atoms with Crippen molar-refractivity contribution in [1.29, 1.82) is 0 Å². The highest BCUT2D eigenvalue weighted by Crippen LogP contribution is 2.29. The summed E-state index contributed by atoms with van der Waals surface area (Å²) in [4.78, 5) is 46.1. The lowest BCUT2D eigenvalue weighted by Crippen LogP contribution is -2.50. The lowest BCUT2D eigenvalue weighted by molar-refractivity contribution is -0.164. The van der Waals surface area contributed by atoms with Crippen LogP contribution in [0.4, 0.5) is 0 Å². The normalized spacial score (nSPS) is 18.7. The third-order valence-electron chi connectivity index (χ3n) is 6.09. The number of carbonyl (C=O) groups is 3. The van der Waals surface area contributed by atoms with Crippen LogP contribution in [0.15, 0.2) is 22.9 Å². The van der Waals surface area contributed by atoms with Gasteiger partial charge < -0.3 is 15.0 Å². The molecule has 35 heavy (non-hydrogen) atoms. The Kier molecular flexibility index (Phi) is 11.2. The van der Waals surface area contributed by atoms with Gasteiger partial charge in [0.15, 0.2) is 0 Å². The zero-order valence-electron chi connectivity index (χ0n) is 22.1. The summed E-state index contributed by atoms with van der Waals surface area (Å²) < 4.78 is 6.55. The third kappa shape index (κ3) is 9.54. The largest absolute Gasteiger partial charge is 0.460 e. The Morgan fingerprint density at radius 3 is 2.54 bits per heavy atom. The van der Waals surface area contributed by atoms with Gasteiger partial charge in [0, 0.05) is 30.0 Å². The molecule has 2 heterocycles. The van der Waals surface area contributed by atoms with Crippen molar-refractivity contribution < 1.29 is 19.1 Å². The lowest BCUT2D eigenvalue weighted by atomic mass is 9.81. The van der Waals surface area contributed by atoms with Crippen LogP contribution < -0.4 is 5.32 Å². The van der Waals surface area contributed by atoms with Gasteiger partial charge in [-0.25, -0.2) is 0 Å². The van der Waals surface area contributed by atoms with Crippen LogP contribution in [0.3, 0.4) is 0 Å². The average molecular weight is 553 g/mol. The van der Waals surface area contributed by atoms with Gasteiger partial charge in [-0.2, -0.15) is 0 Å². The van der Waals surface area contributed by atoms with Crippen LogP contribution in [0.5, 0.6) is 0 Å². The summed E-state index contributed by atoms with van der Waals surface area (Å²) in [6, 6.07) is 1.36. The first-order chi connectivity index (χ1) is 16.4. The predicted octanol–water partition coefficient (Wildman–Crippen LogP) is 5.26. The van der Waals surface area contributed by atoms with E-state index < -0.39 is 23.5 Å². The number of aromatic nitrogens is 1. The molecule has 1 unspecified atom stereocenters. The minimum atomic E-state index is -0.624. The van der Waals surface area contributed by atoms with Crippen molar-refractivity contribution in [2.45, 2.75) is 98.3 Å². The summed E-state index contributed by atoms with van der Waals surface area (Å²) in [5.41, 5.74) is 0.311. The number of pyridine rings is 1.